The highest BCUT2D eigenvalue weighted by Gasteiger charge is 2.36. The van der Waals surface area contributed by atoms with E-state index in [1.807, 2.05) is 0 Å². The SMILES string of the molecule is OC1(CNC2CC2)Cc2ccccc2C1. The molecule has 80 valence electrons. The highest BCUT2D eigenvalue weighted by atomic mass is 16.3. The van der Waals surface area contributed by atoms with Crippen LogP contribution in [0.2, 0.25) is 0 Å². The van der Waals surface area contributed by atoms with Gasteiger partial charge in [-0.15, -0.1) is 0 Å². The molecule has 0 unspecified atom stereocenters. The van der Waals surface area contributed by atoms with Gasteiger partial charge in [0.05, 0.1) is 5.60 Å². The molecule has 0 spiro atoms. The normalized spacial score (nSPS) is 22.7. The fourth-order valence-corrected chi connectivity index (χ4v) is 2.42. The maximum absolute atomic E-state index is 10.4. The molecule has 2 aliphatic rings. The van der Waals surface area contributed by atoms with Gasteiger partial charge >= 0.3 is 0 Å². The molecule has 0 amide bonds. The van der Waals surface area contributed by atoms with Gasteiger partial charge in [-0.3, -0.25) is 0 Å². The predicted octanol–water partition coefficient (Wildman–Crippen LogP) is 1.27. The van der Waals surface area contributed by atoms with Crippen molar-refractivity contribution in [1.29, 1.82) is 0 Å². The summed E-state index contributed by atoms with van der Waals surface area (Å²) in [4.78, 5) is 0. The molecule has 15 heavy (non-hydrogen) atoms. The topological polar surface area (TPSA) is 32.3 Å². The van der Waals surface area contributed by atoms with Gasteiger partial charge in [0.15, 0.2) is 0 Å². The Morgan fingerprint density at radius 3 is 2.33 bits per heavy atom. The molecule has 1 aromatic carbocycles. The monoisotopic (exact) mass is 203 g/mol. The molecule has 1 saturated carbocycles. The van der Waals surface area contributed by atoms with Gasteiger partial charge < -0.3 is 10.4 Å². The number of benzene rings is 1. The maximum Gasteiger partial charge on any atom is 0.0852 e. The standard InChI is InChI=1S/C13H17NO/c15-13(9-14-12-5-6-12)7-10-3-1-2-4-11(10)8-13/h1-4,12,14-15H,5-9H2. The molecule has 0 saturated heterocycles. The summed E-state index contributed by atoms with van der Waals surface area (Å²) in [5, 5.41) is 13.9. The summed E-state index contributed by atoms with van der Waals surface area (Å²) in [5.41, 5.74) is 2.10. The van der Waals surface area contributed by atoms with Crippen molar-refractivity contribution < 1.29 is 5.11 Å². The highest BCUT2D eigenvalue weighted by molar-refractivity contribution is 5.35. The summed E-state index contributed by atoms with van der Waals surface area (Å²) in [6.07, 6.45) is 4.18. The van der Waals surface area contributed by atoms with Gasteiger partial charge in [-0.25, -0.2) is 0 Å². The fourth-order valence-electron chi connectivity index (χ4n) is 2.42. The van der Waals surface area contributed by atoms with Crippen molar-refractivity contribution in [3.63, 3.8) is 0 Å². The summed E-state index contributed by atoms with van der Waals surface area (Å²) in [5.74, 6) is 0. The van der Waals surface area contributed by atoms with Crippen LogP contribution in [0, 0.1) is 0 Å². The van der Waals surface area contributed by atoms with Crippen molar-refractivity contribution in [2.24, 2.45) is 0 Å². The van der Waals surface area contributed by atoms with Crippen LogP contribution in [0.4, 0.5) is 0 Å². The van der Waals surface area contributed by atoms with Crippen molar-refractivity contribution in [2.45, 2.75) is 37.3 Å². The van der Waals surface area contributed by atoms with E-state index in [4.69, 9.17) is 0 Å². The Morgan fingerprint density at radius 2 is 1.80 bits per heavy atom. The molecule has 2 heteroatoms. The van der Waals surface area contributed by atoms with Gasteiger partial charge in [0.25, 0.3) is 0 Å². The van der Waals surface area contributed by atoms with E-state index < -0.39 is 5.60 Å². The van der Waals surface area contributed by atoms with E-state index in [1.54, 1.807) is 0 Å². The van der Waals surface area contributed by atoms with Gasteiger partial charge in [0.1, 0.15) is 0 Å². The summed E-state index contributed by atoms with van der Waals surface area (Å²) < 4.78 is 0. The van der Waals surface area contributed by atoms with Crippen LogP contribution in [-0.2, 0) is 12.8 Å². The Kier molecular flexibility index (Phi) is 2.08. The summed E-state index contributed by atoms with van der Waals surface area (Å²) in [6.45, 7) is 0.742. The Hall–Kier alpha value is -0.860. The lowest BCUT2D eigenvalue weighted by atomic mass is 10.0. The number of nitrogens with one attached hydrogen (secondary N) is 1. The quantitative estimate of drug-likeness (QED) is 0.775. The third-order valence-electron chi connectivity index (χ3n) is 3.45. The average molecular weight is 203 g/mol. The van der Waals surface area contributed by atoms with Crippen LogP contribution < -0.4 is 5.32 Å². The van der Waals surface area contributed by atoms with E-state index in [0.29, 0.717) is 6.04 Å². The Labute approximate surface area is 90.3 Å². The summed E-state index contributed by atoms with van der Waals surface area (Å²) in [6, 6.07) is 9.05. The summed E-state index contributed by atoms with van der Waals surface area (Å²) in [7, 11) is 0. The molecule has 1 aromatic rings. The van der Waals surface area contributed by atoms with Gasteiger partial charge in [0, 0.05) is 25.4 Å². The van der Waals surface area contributed by atoms with Crippen LogP contribution in [0.1, 0.15) is 24.0 Å². The fraction of sp³-hybridized carbons (Fsp3) is 0.538. The molecule has 3 rings (SSSR count). The molecule has 0 heterocycles. The van der Waals surface area contributed by atoms with E-state index in [2.05, 4.69) is 29.6 Å². The Bertz CT molecular complexity index is 346. The van der Waals surface area contributed by atoms with Crippen molar-refractivity contribution in [2.75, 3.05) is 6.54 Å². The first-order valence-corrected chi connectivity index (χ1v) is 5.78. The number of rotatable bonds is 3. The lowest BCUT2D eigenvalue weighted by Gasteiger charge is -2.22. The van der Waals surface area contributed by atoms with E-state index in [1.165, 1.54) is 24.0 Å². The zero-order valence-electron chi connectivity index (χ0n) is 8.87. The second-order valence-electron chi connectivity index (χ2n) is 5.00. The Balaban J connectivity index is 1.69. The predicted molar refractivity (Wildman–Crippen MR) is 59.8 cm³/mol. The second kappa shape index (κ2) is 3.32. The first-order chi connectivity index (χ1) is 7.25. The molecular weight excluding hydrogens is 186 g/mol. The van der Waals surface area contributed by atoms with Crippen molar-refractivity contribution >= 4 is 0 Å². The molecule has 0 atom stereocenters. The van der Waals surface area contributed by atoms with Crippen LogP contribution >= 0.6 is 0 Å². The summed E-state index contributed by atoms with van der Waals surface area (Å²) >= 11 is 0. The van der Waals surface area contributed by atoms with Gasteiger partial charge in [-0.05, 0) is 24.0 Å². The van der Waals surface area contributed by atoms with E-state index in [-0.39, 0.29) is 0 Å². The third kappa shape index (κ3) is 1.92. The molecule has 2 nitrogen and oxygen atoms in total. The van der Waals surface area contributed by atoms with Crippen LogP contribution in [-0.4, -0.2) is 23.3 Å². The van der Waals surface area contributed by atoms with Crippen molar-refractivity contribution in [1.82, 2.24) is 5.32 Å². The number of fused-ring (bicyclic) bond motifs is 1. The van der Waals surface area contributed by atoms with Crippen LogP contribution in [0.5, 0.6) is 0 Å². The first-order valence-electron chi connectivity index (χ1n) is 5.78. The van der Waals surface area contributed by atoms with Crippen LogP contribution in [0.15, 0.2) is 24.3 Å². The molecule has 0 aliphatic heterocycles. The molecule has 2 aliphatic carbocycles. The highest BCUT2D eigenvalue weighted by Crippen LogP contribution is 2.30. The maximum atomic E-state index is 10.4. The molecule has 0 aromatic heterocycles. The van der Waals surface area contributed by atoms with E-state index in [0.717, 1.165) is 19.4 Å². The third-order valence-corrected chi connectivity index (χ3v) is 3.45. The molecule has 0 radical (unpaired) electrons. The van der Waals surface area contributed by atoms with Crippen molar-refractivity contribution in [3.05, 3.63) is 35.4 Å². The van der Waals surface area contributed by atoms with Gasteiger partial charge in [0.2, 0.25) is 0 Å². The lowest BCUT2D eigenvalue weighted by Crippen LogP contribution is -2.42. The molecule has 2 N–H and O–H groups in total. The number of hydrogen-bond acceptors (Lipinski definition) is 2. The Morgan fingerprint density at radius 1 is 1.20 bits per heavy atom. The average Bonchev–Trinajstić information content (AvgIpc) is 2.97. The second-order valence-corrected chi connectivity index (χ2v) is 5.00. The van der Waals surface area contributed by atoms with Gasteiger partial charge in [-0.1, -0.05) is 24.3 Å². The smallest absolute Gasteiger partial charge is 0.0852 e. The number of aliphatic hydroxyl groups is 1. The molecule has 0 bridgehead atoms. The minimum atomic E-state index is -0.535. The zero-order valence-corrected chi connectivity index (χ0v) is 8.87. The minimum absolute atomic E-state index is 0.535. The van der Waals surface area contributed by atoms with E-state index in [9.17, 15) is 5.11 Å². The molecular formula is C13H17NO. The van der Waals surface area contributed by atoms with Crippen LogP contribution in [0.25, 0.3) is 0 Å². The molecule has 1 fully saturated rings. The first kappa shape index (κ1) is 9.37. The zero-order chi connectivity index (χ0) is 10.3. The van der Waals surface area contributed by atoms with Crippen LogP contribution in [0.3, 0.4) is 0 Å². The largest absolute Gasteiger partial charge is 0.388 e. The number of hydrogen-bond donors (Lipinski definition) is 2. The van der Waals surface area contributed by atoms with Gasteiger partial charge in [-0.2, -0.15) is 0 Å². The lowest BCUT2D eigenvalue weighted by molar-refractivity contribution is 0.0509. The van der Waals surface area contributed by atoms with E-state index >= 15 is 0 Å². The minimum Gasteiger partial charge on any atom is -0.388 e. The van der Waals surface area contributed by atoms with Crippen molar-refractivity contribution in [3.8, 4) is 0 Å².